The highest BCUT2D eigenvalue weighted by Gasteiger charge is 2.22. The van der Waals surface area contributed by atoms with Crippen LogP contribution < -0.4 is 0 Å². The molecule has 1 aromatic carbocycles. The van der Waals surface area contributed by atoms with E-state index in [-0.39, 0.29) is 10.3 Å². The van der Waals surface area contributed by atoms with Gasteiger partial charge in [0, 0.05) is 0 Å². The number of fused-ring (bicyclic) bond motifs is 1. The molecule has 0 heterocycles. The summed E-state index contributed by atoms with van der Waals surface area (Å²) in [7, 11) is -4.08. The quantitative estimate of drug-likeness (QED) is 0.596. The highest BCUT2D eigenvalue weighted by Crippen LogP contribution is 2.36. The first-order valence-corrected chi connectivity index (χ1v) is 6.10. The molecule has 0 fully saturated rings. The van der Waals surface area contributed by atoms with Crippen LogP contribution in [0.2, 0.25) is 0 Å². The van der Waals surface area contributed by atoms with Crippen LogP contribution in [0.4, 0.5) is 0 Å². The number of hydrogen-bond donors (Lipinski definition) is 1. The second-order valence-electron chi connectivity index (χ2n) is 3.34. The predicted octanol–water partition coefficient (Wildman–Crippen LogP) is 2.16. The minimum absolute atomic E-state index is 0.0274. The fraction of sp³-hybridized carbons (Fsp3) is 0.333. The maximum Gasteiger partial charge on any atom is 0.294 e. The van der Waals surface area contributed by atoms with Gasteiger partial charge in [-0.2, -0.15) is 8.42 Å². The van der Waals surface area contributed by atoms with E-state index in [1.54, 1.807) is 6.07 Å². The van der Waals surface area contributed by atoms with E-state index in [2.05, 4.69) is 0 Å². The van der Waals surface area contributed by atoms with Crippen LogP contribution in [0.25, 0.3) is 0 Å². The average molecular weight is 233 g/mol. The van der Waals surface area contributed by atoms with Crippen LogP contribution in [0.1, 0.15) is 22.9 Å². The Morgan fingerprint density at radius 2 is 2.14 bits per heavy atom. The van der Waals surface area contributed by atoms with Crippen molar-refractivity contribution in [2.75, 3.05) is 0 Å². The minimum Gasteiger partial charge on any atom is -0.282 e. The van der Waals surface area contributed by atoms with E-state index < -0.39 is 10.1 Å². The van der Waals surface area contributed by atoms with Crippen molar-refractivity contribution in [1.29, 1.82) is 0 Å². The van der Waals surface area contributed by atoms with Gasteiger partial charge < -0.3 is 0 Å². The number of rotatable bonds is 1. The Morgan fingerprint density at radius 1 is 1.43 bits per heavy atom. The van der Waals surface area contributed by atoms with E-state index in [1.807, 2.05) is 0 Å². The monoisotopic (exact) mass is 232 g/mol. The number of hydrogen-bond acceptors (Lipinski definition) is 2. The number of benzene rings is 1. The minimum atomic E-state index is -4.08. The Balaban J connectivity index is 2.53. The Hall–Kier alpha value is -0.580. The van der Waals surface area contributed by atoms with Gasteiger partial charge in [0.15, 0.2) is 0 Å². The van der Waals surface area contributed by atoms with Gasteiger partial charge in [-0.3, -0.25) is 4.55 Å². The Bertz CT molecular complexity index is 467. The molecular formula is C9H9ClO3S. The first-order valence-electron chi connectivity index (χ1n) is 4.23. The van der Waals surface area contributed by atoms with Crippen LogP contribution in [-0.2, 0) is 16.5 Å². The standard InChI is InChI=1S/C9H9ClO3S/c10-9-4-1-6-5-7(14(11,12)13)2-3-8(6)9/h2-3,5,9H,1,4H2,(H,11,12,13). The molecular weight excluding hydrogens is 224 g/mol. The van der Waals surface area contributed by atoms with Crippen molar-refractivity contribution in [3.05, 3.63) is 29.3 Å². The van der Waals surface area contributed by atoms with Gasteiger partial charge in [-0.25, -0.2) is 0 Å². The topological polar surface area (TPSA) is 54.4 Å². The van der Waals surface area contributed by atoms with Gasteiger partial charge in [0.25, 0.3) is 10.1 Å². The summed E-state index contributed by atoms with van der Waals surface area (Å²) in [5.74, 6) is 0. The van der Waals surface area contributed by atoms with Gasteiger partial charge in [-0.1, -0.05) is 6.07 Å². The highest BCUT2D eigenvalue weighted by molar-refractivity contribution is 7.85. The van der Waals surface area contributed by atoms with Gasteiger partial charge in [0.2, 0.25) is 0 Å². The van der Waals surface area contributed by atoms with Crippen molar-refractivity contribution in [2.24, 2.45) is 0 Å². The molecule has 0 spiro atoms. The lowest BCUT2D eigenvalue weighted by molar-refractivity contribution is 0.483. The lowest BCUT2D eigenvalue weighted by Crippen LogP contribution is -1.99. The third-order valence-electron chi connectivity index (χ3n) is 2.42. The highest BCUT2D eigenvalue weighted by atomic mass is 35.5. The number of halogens is 1. The van der Waals surface area contributed by atoms with Crippen molar-refractivity contribution < 1.29 is 13.0 Å². The van der Waals surface area contributed by atoms with Gasteiger partial charge in [0.1, 0.15) is 0 Å². The predicted molar refractivity (Wildman–Crippen MR) is 53.2 cm³/mol. The molecule has 76 valence electrons. The normalized spacial score (nSPS) is 20.9. The van der Waals surface area contributed by atoms with Crippen LogP contribution >= 0.6 is 11.6 Å². The zero-order chi connectivity index (χ0) is 10.3. The van der Waals surface area contributed by atoms with Crippen molar-refractivity contribution in [3.63, 3.8) is 0 Å². The molecule has 0 amide bonds. The summed E-state index contributed by atoms with van der Waals surface area (Å²) in [6.45, 7) is 0. The fourth-order valence-electron chi connectivity index (χ4n) is 1.70. The molecule has 14 heavy (non-hydrogen) atoms. The lowest BCUT2D eigenvalue weighted by atomic mass is 10.1. The molecule has 0 radical (unpaired) electrons. The fourth-order valence-corrected chi connectivity index (χ4v) is 2.56. The lowest BCUT2D eigenvalue weighted by Gasteiger charge is -2.03. The maximum atomic E-state index is 10.8. The van der Waals surface area contributed by atoms with E-state index in [1.165, 1.54) is 12.1 Å². The molecule has 0 aromatic heterocycles. The summed E-state index contributed by atoms with van der Waals surface area (Å²) >= 11 is 6.00. The van der Waals surface area contributed by atoms with E-state index in [0.717, 1.165) is 24.0 Å². The van der Waals surface area contributed by atoms with Crippen LogP contribution in [-0.4, -0.2) is 13.0 Å². The van der Waals surface area contributed by atoms with Gasteiger partial charge in [-0.05, 0) is 36.1 Å². The molecule has 1 unspecified atom stereocenters. The molecule has 1 aliphatic rings. The van der Waals surface area contributed by atoms with Crippen molar-refractivity contribution in [2.45, 2.75) is 23.1 Å². The van der Waals surface area contributed by atoms with Gasteiger partial charge in [-0.15, -0.1) is 11.6 Å². The maximum absolute atomic E-state index is 10.8. The van der Waals surface area contributed by atoms with E-state index in [9.17, 15) is 8.42 Å². The van der Waals surface area contributed by atoms with E-state index in [0.29, 0.717) is 0 Å². The summed E-state index contributed by atoms with van der Waals surface area (Å²) in [6.07, 6.45) is 1.60. The molecule has 0 aliphatic heterocycles. The summed E-state index contributed by atoms with van der Waals surface area (Å²) in [6, 6.07) is 4.55. The molecule has 1 aliphatic carbocycles. The second-order valence-corrected chi connectivity index (χ2v) is 5.29. The smallest absolute Gasteiger partial charge is 0.282 e. The second kappa shape index (κ2) is 3.22. The summed E-state index contributed by atoms with van der Waals surface area (Å²) in [5, 5.41) is -0.0274. The molecule has 5 heteroatoms. The van der Waals surface area contributed by atoms with Crippen molar-refractivity contribution >= 4 is 21.7 Å². The molecule has 0 saturated heterocycles. The van der Waals surface area contributed by atoms with Crippen LogP contribution in [0, 0.1) is 0 Å². The molecule has 1 aromatic rings. The number of aryl methyl sites for hydroxylation is 1. The third-order valence-corrected chi connectivity index (χ3v) is 3.72. The first kappa shape index (κ1) is 9.96. The SMILES string of the molecule is O=S(=O)(O)c1ccc2c(c1)CCC2Cl. The zero-order valence-electron chi connectivity index (χ0n) is 7.27. The van der Waals surface area contributed by atoms with E-state index in [4.69, 9.17) is 16.2 Å². The molecule has 3 nitrogen and oxygen atoms in total. The Labute approximate surface area is 87.5 Å². The molecule has 1 atom stereocenters. The van der Waals surface area contributed by atoms with Gasteiger partial charge in [0.05, 0.1) is 10.3 Å². The Morgan fingerprint density at radius 3 is 2.79 bits per heavy atom. The molecule has 0 saturated carbocycles. The van der Waals surface area contributed by atoms with Crippen LogP contribution in [0.3, 0.4) is 0 Å². The largest absolute Gasteiger partial charge is 0.294 e. The van der Waals surface area contributed by atoms with Crippen molar-refractivity contribution in [3.8, 4) is 0 Å². The zero-order valence-corrected chi connectivity index (χ0v) is 8.85. The summed E-state index contributed by atoms with van der Waals surface area (Å²) in [4.78, 5) is -0.0537. The van der Waals surface area contributed by atoms with E-state index >= 15 is 0 Å². The van der Waals surface area contributed by atoms with Crippen LogP contribution in [0.15, 0.2) is 23.1 Å². The third kappa shape index (κ3) is 1.65. The first-order chi connectivity index (χ1) is 6.48. The average Bonchev–Trinajstić information content (AvgIpc) is 2.46. The van der Waals surface area contributed by atoms with Crippen molar-refractivity contribution in [1.82, 2.24) is 0 Å². The number of alkyl halides is 1. The summed E-state index contributed by atoms with van der Waals surface area (Å²) < 4.78 is 30.5. The van der Waals surface area contributed by atoms with Crippen LogP contribution in [0.5, 0.6) is 0 Å². The molecule has 0 bridgehead atoms. The Kier molecular flexibility index (Phi) is 2.29. The van der Waals surface area contributed by atoms with Gasteiger partial charge >= 0.3 is 0 Å². The molecule has 1 N–H and O–H groups in total. The summed E-state index contributed by atoms with van der Waals surface area (Å²) in [5.41, 5.74) is 1.89. The molecule has 2 rings (SSSR count).